The van der Waals surface area contributed by atoms with Crippen LogP contribution in [-0.4, -0.2) is 65.0 Å². The first-order chi connectivity index (χ1) is 25.2. The minimum atomic E-state index is -3.17. The zero-order chi connectivity index (χ0) is 38.1. The highest BCUT2D eigenvalue weighted by Gasteiger charge is 2.66. The summed E-state index contributed by atoms with van der Waals surface area (Å²) >= 11 is 0. The van der Waals surface area contributed by atoms with Crippen LogP contribution >= 0.6 is 0 Å². The van der Waals surface area contributed by atoms with Crippen LogP contribution < -0.4 is 16.0 Å². The number of aliphatic hydroxyl groups is 1. The average molecular weight is 738 g/mol. The fourth-order valence-corrected chi connectivity index (χ4v) is 10.4. The summed E-state index contributed by atoms with van der Waals surface area (Å²) in [6, 6.07) is 27.1. The number of nitro groups is 1. The Bertz CT molecular complexity index is 2020. The van der Waals surface area contributed by atoms with Crippen molar-refractivity contribution in [2.75, 3.05) is 29.1 Å². The van der Waals surface area contributed by atoms with E-state index < -0.39 is 42.3 Å². The zero-order valence-corrected chi connectivity index (χ0v) is 30.8. The molecule has 4 aromatic carbocycles. The maximum atomic E-state index is 14.9. The highest BCUT2D eigenvalue weighted by Crippen LogP contribution is 2.60. The summed E-state index contributed by atoms with van der Waals surface area (Å²) in [5.41, 5.74) is 6.89. The van der Waals surface area contributed by atoms with Gasteiger partial charge >= 0.3 is 0 Å². The lowest BCUT2D eigenvalue weighted by Gasteiger charge is -2.32. The van der Waals surface area contributed by atoms with Crippen molar-refractivity contribution in [3.63, 3.8) is 0 Å². The molecular formula is C39H43N5O8Si. The molecule has 4 atom stereocenters. The molecule has 3 amide bonds. The number of non-ortho nitro benzene ring substituents is 1. The minimum Gasteiger partial charge on any atom is -0.432 e. The van der Waals surface area contributed by atoms with Crippen molar-refractivity contribution in [2.24, 2.45) is 5.92 Å². The van der Waals surface area contributed by atoms with Gasteiger partial charge in [0, 0.05) is 59.2 Å². The summed E-state index contributed by atoms with van der Waals surface area (Å²) in [5, 5.41) is 24.7. The minimum absolute atomic E-state index is 0.0443. The van der Waals surface area contributed by atoms with E-state index in [1.165, 1.54) is 28.0 Å². The Morgan fingerprint density at radius 1 is 1.02 bits per heavy atom. The van der Waals surface area contributed by atoms with Crippen LogP contribution in [0.4, 0.5) is 22.7 Å². The molecule has 0 radical (unpaired) electrons. The van der Waals surface area contributed by atoms with Crippen molar-refractivity contribution in [3.05, 3.63) is 129 Å². The van der Waals surface area contributed by atoms with Crippen LogP contribution in [0.15, 0.2) is 97.1 Å². The molecule has 1 fully saturated rings. The number of nitrogens with one attached hydrogen (secondary N) is 1. The van der Waals surface area contributed by atoms with Crippen LogP contribution in [0.5, 0.6) is 0 Å². The van der Waals surface area contributed by atoms with Gasteiger partial charge in [-0.3, -0.25) is 24.5 Å². The molecule has 0 bridgehead atoms. The van der Waals surface area contributed by atoms with Crippen LogP contribution in [0.3, 0.4) is 0 Å². The van der Waals surface area contributed by atoms with Crippen LogP contribution in [0.1, 0.15) is 40.4 Å². The number of rotatable bonds is 12. The van der Waals surface area contributed by atoms with E-state index in [0.717, 1.165) is 5.56 Å². The highest BCUT2D eigenvalue weighted by atomic mass is 28.4. The van der Waals surface area contributed by atoms with Crippen molar-refractivity contribution >= 4 is 48.8 Å². The van der Waals surface area contributed by atoms with Gasteiger partial charge < -0.3 is 35.5 Å². The lowest BCUT2D eigenvalue weighted by molar-refractivity contribution is -0.385. The van der Waals surface area contributed by atoms with Gasteiger partial charge in [0.15, 0.2) is 13.9 Å². The number of nitrogen functional groups attached to an aromatic ring is 1. The van der Waals surface area contributed by atoms with Crippen LogP contribution in [0.25, 0.3) is 0 Å². The van der Waals surface area contributed by atoms with E-state index in [2.05, 4.69) is 5.32 Å². The number of anilines is 3. The molecule has 2 heterocycles. The molecule has 0 aliphatic carbocycles. The maximum absolute atomic E-state index is 14.9. The van der Waals surface area contributed by atoms with E-state index in [1.807, 2.05) is 30.3 Å². The van der Waals surface area contributed by atoms with E-state index in [9.17, 15) is 34.4 Å². The van der Waals surface area contributed by atoms with Gasteiger partial charge in [0.25, 0.3) is 17.5 Å². The molecule has 5 N–H and O–H groups in total. The fourth-order valence-electron chi connectivity index (χ4n) is 7.82. The topological polar surface area (TPSA) is 189 Å². The molecule has 2 aliphatic rings. The lowest BCUT2D eigenvalue weighted by Crippen LogP contribution is -2.46. The Hall–Kier alpha value is -5.41. The van der Waals surface area contributed by atoms with Crippen LogP contribution in [-0.2, 0) is 33.0 Å². The second-order valence-electron chi connectivity index (χ2n) is 14.2. The van der Waals surface area contributed by atoms with Crippen LogP contribution in [0, 0.1) is 16.0 Å². The SMILES string of the molecule is C[C@@H]1[C@@H]([Si](C)(C)O)[C@H](CC(=O)N(CCO)Cc2ccccc2)O[C@@]12C(=O)N(Cc1cccc(NC(=O)c3ccc(N)cc3)c1)c1ccc([N+](=O)[O-])cc12. The summed E-state index contributed by atoms with van der Waals surface area (Å²) in [5.74, 6) is -1.80. The third-order valence-electron chi connectivity index (χ3n) is 10.2. The molecule has 14 heteroatoms. The van der Waals surface area contributed by atoms with Crippen molar-refractivity contribution in [3.8, 4) is 0 Å². The third-order valence-corrected chi connectivity index (χ3v) is 12.7. The number of aliphatic hydroxyl groups excluding tert-OH is 1. The first kappa shape index (κ1) is 37.3. The summed E-state index contributed by atoms with van der Waals surface area (Å²) in [7, 11) is -3.17. The standard InChI is InChI=1S/C39H43N5O8Si/c1-25-36(53(2,3)51)34(22-35(46)42(18-19-45)23-26-8-5-4-6-9-26)52-39(25)32-21-31(44(49)50)16-17-33(32)43(38(39)48)24-27-10-7-11-30(20-27)41-37(47)28-12-14-29(40)15-13-28/h4-17,20-21,25,34,36,45,51H,18-19,22-24,40H2,1-3H3,(H,41,47)/t25-,34+,36-,39+/m1/s1. The molecule has 276 valence electrons. The van der Waals surface area contributed by atoms with Gasteiger partial charge in [-0.1, -0.05) is 49.4 Å². The Labute approximate surface area is 308 Å². The molecule has 0 unspecified atom stereocenters. The first-order valence-corrected chi connectivity index (χ1v) is 20.4. The molecule has 6 rings (SSSR count). The Balaban J connectivity index is 1.33. The van der Waals surface area contributed by atoms with E-state index in [4.69, 9.17) is 10.5 Å². The molecule has 0 aromatic heterocycles. The molecule has 2 aliphatic heterocycles. The molecule has 4 aromatic rings. The average Bonchev–Trinajstić information content (AvgIpc) is 3.54. The smallest absolute Gasteiger partial charge is 0.269 e. The van der Waals surface area contributed by atoms with E-state index in [-0.39, 0.29) is 50.2 Å². The van der Waals surface area contributed by atoms with Gasteiger partial charge in [0.1, 0.15) is 0 Å². The van der Waals surface area contributed by atoms with Gasteiger partial charge in [0.2, 0.25) is 5.91 Å². The van der Waals surface area contributed by atoms with Crippen molar-refractivity contribution in [1.82, 2.24) is 4.90 Å². The van der Waals surface area contributed by atoms with Gasteiger partial charge in [-0.15, -0.1) is 0 Å². The third kappa shape index (κ3) is 7.44. The molecule has 0 saturated carbocycles. The van der Waals surface area contributed by atoms with Crippen LogP contribution in [0.2, 0.25) is 18.6 Å². The van der Waals surface area contributed by atoms with Gasteiger partial charge in [0.05, 0.1) is 36.3 Å². The van der Waals surface area contributed by atoms with Gasteiger partial charge in [-0.2, -0.15) is 0 Å². The Morgan fingerprint density at radius 2 is 1.72 bits per heavy atom. The zero-order valence-electron chi connectivity index (χ0n) is 29.8. The second-order valence-corrected chi connectivity index (χ2v) is 18.2. The number of carbonyl (C=O) groups excluding carboxylic acids is 3. The lowest BCUT2D eigenvalue weighted by atomic mass is 9.82. The van der Waals surface area contributed by atoms with Crippen molar-refractivity contribution in [2.45, 2.75) is 56.8 Å². The number of nitrogens with zero attached hydrogens (tertiary/aromatic N) is 3. The second kappa shape index (κ2) is 14.9. The molecule has 1 saturated heterocycles. The van der Waals surface area contributed by atoms with E-state index in [1.54, 1.807) is 68.5 Å². The van der Waals surface area contributed by atoms with Crippen molar-refractivity contribution < 1.29 is 33.9 Å². The summed E-state index contributed by atoms with van der Waals surface area (Å²) in [6.07, 6.45) is -1.07. The molecule has 1 spiro atoms. The van der Waals surface area contributed by atoms with Crippen molar-refractivity contribution in [1.29, 1.82) is 0 Å². The number of nitro benzene ring substituents is 1. The van der Waals surface area contributed by atoms with E-state index in [0.29, 0.717) is 33.8 Å². The summed E-state index contributed by atoms with van der Waals surface area (Å²) in [6.45, 7) is 5.38. The monoisotopic (exact) mass is 737 g/mol. The van der Waals surface area contributed by atoms with E-state index >= 15 is 0 Å². The summed E-state index contributed by atoms with van der Waals surface area (Å²) in [4.78, 5) is 68.0. The normalized spacial score (nSPS) is 20.7. The largest absolute Gasteiger partial charge is 0.432 e. The molecule has 53 heavy (non-hydrogen) atoms. The fraction of sp³-hybridized carbons (Fsp3) is 0.308. The maximum Gasteiger partial charge on any atom is 0.269 e. The quantitative estimate of drug-likeness (QED) is 0.0657. The first-order valence-electron chi connectivity index (χ1n) is 17.4. The molecule has 13 nitrogen and oxygen atoms in total. The molecular weight excluding hydrogens is 695 g/mol. The summed E-state index contributed by atoms with van der Waals surface area (Å²) < 4.78 is 6.77. The Kier molecular flexibility index (Phi) is 10.5. The number of amides is 3. The number of fused-ring (bicyclic) bond motifs is 2. The van der Waals surface area contributed by atoms with Gasteiger partial charge in [-0.05, 0) is 66.7 Å². The van der Waals surface area contributed by atoms with Gasteiger partial charge in [-0.25, -0.2) is 0 Å². The number of benzene rings is 4. The highest BCUT2D eigenvalue weighted by molar-refractivity contribution is 6.71. The number of hydrogen-bond acceptors (Lipinski definition) is 9. The number of nitrogens with two attached hydrogens (primary N) is 1. The predicted octanol–water partition coefficient (Wildman–Crippen LogP) is 5.19. The Morgan fingerprint density at radius 3 is 2.38 bits per heavy atom. The predicted molar refractivity (Wildman–Crippen MR) is 202 cm³/mol. The number of carbonyl (C=O) groups is 3. The number of hydrogen-bond donors (Lipinski definition) is 4. The number of ether oxygens (including phenoxy) is 1.